The Morgan fingerprint density at radius 2 is 1.94 bits per heavy atom. The molecule has 0 saturated carbocycles. The molecule has 0 bridgehead atoms. The third kappa shape index (κ3) is 3.46. The average Bonchev–Trinajstić information content (AvgIpc) is 2.21. The molecule has 2 nitrogen and oxygen atoms in total. The van der Waals surface area contributed by atoms with Gasteiger partial charge < -0.3 is 5.32 Å². The number of rotatable bonds is 5. The molecule has 1 aliphatic heterocycles. The molecule has 1 rings (SSSR count). The van der Waals surface area contributed by atoms with E-state index in [0.717, 1.165) is 6.54 Å². The maximum absolute atomic E-state index is 3.67. The van der Waals surface area contributed by atoms with Crippen LogP contribution in [0.25, 0.3) is 0 Å². The Hall–Kier alpha value is -0.0800. The summed E-state index contributed by atoms with van der Waals surface area (Å²) in [5, 5.41) is 3.67. The van der Waals surface area contributed by atoms with E-state index in [1.54, 1.807) is 0 Å². The third-order valence-corrected chi connectivity index (χ3v) is 3.93. The molecule has 2 atom stereocenters. The molecular weight excluding hydrogens is 196 g/mol. The summed E-state index contributed by atoms with van der Waals surface area (Å²) in [6.45, 7) is 14.1. The van der Waals surface area contributed by atoms with Gasteiger partial charge in [-0.05, 0) is 33.6 Å². The molecule has 0 radical (unpaired) electrons. The first-order chi connectivity index (χ1) is 7.51. The zero-order valence-corrected chi connectivity index (χ0v) is 11.8. The fraction of sp³-hybridized carbons (Fsp3) is 1.00. The fourth-order valence-electron chi connectivity index (χ4n) is 3.07. The van der Waals surface area contributed by atoms with E-state index in [4.69, 9.17) is 0 Å². The lowest BCUT2D eigenvalue weighted by atomic mass is 9.92. The van der Waals surface area contributed by atoms with Crippen molar-refractivity contribution in [2.45, 2.75) is 77.9 Å². The Morgan fingerprint density at radius 3 is 2.50 bits per heavy atom. The van der Waals surface area contributed by atoms with Gasteiger partial charge in [0.1, 0.15) is 0 Å². The number of nitrogens with zero attached hydrogens (tertiary/aromatic N) is 1. The van der Waals surface area contributed by atoms with Crippen molar-refractivity contribution in [3.05, 3.63) is 0 Å². The van der Waals surface area contributed by atoms with Crippen molar-refractivity contribution in [2.75, 3.05) is 13.1 Å². The topological polar surface area (TPSA) is 15.3 Å². The van der Waals surface area contributed by atoms with Crippen LogP contribution in [0, 0.1) is 0 Å². The molecule has 0 spiro atoms. The highest BCUT2D eigenvalue weighted by molar-refractivity contribution is 4.92. The van der Waals surface area contributed by atoms with Gasteiger partial charge >= 0.3 is 0 Å². The van der Waals surface area contributed by atoms with Crippen LogP contribution in [-0.4, -0.2) is 35.6 Å². The molecule has 0 aromatic carbocycles. The summed E-state index contributed by atoms with van der Waals surface area (Å²) in [5.41, 5.74) is 0.363. The van der Waals surface area contributed by atoms with Gasteiger partial charge in [-0.15, -0.1) is 0 Å². The third-order valence-electron chi connectivity index (χ3n) is 3.93. The number of hydrogen-bond acceptors (Lipinski definition) is 2. The Balaban J connectivity index is 2.61. The van der Waals surface area contributed by atoms with E-state index >= 15 is 0 Å². The van der Waals surface area contributed by atoms with Crippen LogP contribution in [0.3, 0.4) is 0 Å². The minimum atomic E-state index is 0.363. The summed E-state index contributed by atoms with van der Waals surface area (Å²) in [4.78, 5) is 2.72. The lowest BCUT2D eigenvalue weighted by Crippen LogP contribution is -2.61. The SMILES string of the molecule is CCCC1CN(C(C)(C)CCC)C(C)CN1. The molecule has 0 aromatic rings. The number of nitrogens with one attached hydrogen (secondary N) is 1. The highest BCUT2D eigenvalue weighted by atomic mass is 15.3. The molecule has 16 heavy (non-hydrogen) atoms. The molecule has 2 heteroatoms. The lowest BCUT2D eigenvalue weighted by Gasteiger charge is -2.48. The highest BCUT2D eigenvalue weighted by Gasteiger charge is 2.34. The van der Waals surface area contributed by atoms with Gasteiger partial charge in [0.2, 0.25) is 0 Å². The van der Waals surface area contributed by atoms with Gasteiger partial charge in [0.15, 0.2) is 0 Å². The molecule has 2 unspecified atom stereocenters. The number of piperazine rings is 1. The second-order valence-electron chi connectivity index (χ2n) is 5.96. The smallest absolute Gasteiger partial charge is 0.0198 e. The first-order valence-electron chi connectivity index (χ1n) is 7.01. The minimum Gasteiger partial charge on any atom is -0.311 e. The van der Waals surface area contributed by atoms with E-state index in [1.165, 1.54) is 32.2 Å². The predicted molar refractivity (Wildman–Crippen MR) is 71.9 cm³/mol. The zero-order valence-electron chi connectivity index (χ0n) is 11.8. The van der Waals surface area contributed by atoms with Gasteiger partial charge in [-0.1, -0.05) is 26.7 Å². The molecule has 0 aromatic heterocycles. The second kappa shape index (κ2) is 6.02. The summed E-state index contributed by atoms with van der Waals surface area (Å²) >= 11 is 0. The highest BCUT2D eigenvalue weighted by Crippen LogP contribution is 2.25. The summed E-state index contributed by atoms with van der Waals surface area (Å²) in [6.07, 6.45) is 5.18. The summed E-state index contributed by atoms with van der Waals surface area (Å²) in [7, 11) is 0. The van der Waals surface area contributed by atoms with E-state index in [1.807, 2.05) is 0 Å². The normalized spacial score (nSPS) is 28.3. The van der Waals surface area contributed by atoms with E-state index in [-0.39, 0.29) is 0 Å². The van der Waals surface area contributed by atoms with Crippen LogP contribution in [0.4, 0.5) is 0 Å². The van der Waals surface area contributed by atoms with Gasteiger partial charge in [-0.25, -0.2) is 0 Å². The first kappa shape index (κ1) is 14.0. The molecule has 96 valence electrons. The van der Waals surface area contributed by atoms with Gasteiger partial charge in [0, 0.05) is 30.7 Å². The van der Waals surface area contributed by atoms with Crippen molar-refractivity contribution in [1.29, 1.82) is 0 Å². The van der Waals surface area contributed by atoms with Crippen LogP contribution in [-0.2, 0) is 0 Å². The van der Waals surface area contributed by atoms with Gasteiger partial charge in [-0.2, -0.15) is 0 Å². The van der Waals surface area contributed by atoms with E-state index in [0.29, 0.717) is 17.6 Å². The van der Waals surface area contributed by atoms with Gasteiger partial charge in [-0.3, -0.25) is 4.90 Å². The summed E-state index contributed by atoms with van der Waals surface area (Å²) < 4.78 is 0. The first-order valence-corrected chi connectivity index (χ1v) is 7.01. The number of hydrogen-bond donors (Lipinski definition) is 1. The van der Waals surface area contributed by atoms with Crippen LogP contribution < -0.4 is 5.32 Å². The van der Waals surface area contributed by atoms with Crippen LogP contribution in [0.2, 0.25) is 0 Å². The fourth-order valence-corrected chi connectivity index (χ4v) is 3.07. The Kier molecular flexibility index (Phi) is 5.26. The molecule has 1 heterocycles. The van der Waals surface area contributed by atoms with Crippen molar-refractivity contribution < 1.29 is 0 Å². The second-order valence-corrected chi connectivity index (χ2v) is 5.96. The van der Waals surface area contributed by atoms with Crippen LogP contribution in [0.15, 0.2) is 0 Å². The lowest BCUT2D eigenvalue weighted by molar-refractivity contribution is 0.0309. The van der Waals surface area contributed by atoms with Crippen molar-refractivity contribution in [3.63, 3.8) is 0 Å². The van der Waals surface area contributed by atoms with Crippen molar-refractivity contribution in [2.24, 2.45) is 0 Å². The van der Waals surface area contributed by atoms with E-state index in [9.17, 15) is 0 Å². The molecule has 0 amide bonds. The molecule has 1 saturated heterocycles. The van der Waals surface area contributed by atoms with Gasteiger partial charge in [0.25, 0.3) is 0 Å². The van der Waals surface area contributed by atoms with E-state index < -0.39 is 0 Å². The average molecular weight is 226 g/mol. The molecule has 1 N–H and O–H groups in total. The largest absolute Gasteiger partial charge is 0.311 e. The van der Waals surface area contributed by atoms with Crippen LogP contribution >= 0.6 is 0 Å². The van der Waals surface area contributed by atoms with Crippen molar-refractivity contribution >= 4 is 0 Å². The summed E-state index contributed by atoms with van der Waals surface area (Å²) in [5.74, 6) is 0. The van der Waals surface area contributed by atoms with Gasteiger partial charge in [0.05, 0.1) is 0 Å². The maximum Gasteiger partial charge on any atom is 0.0198 e. The molecular formula is C14H30N2. The van der Waals surface area contributed by atoms with Crippen molar-refractivity contribution in [3.8, 4) is 0 Å². The summed E-state index contributed by atoms with van der Waals surface area (Å²) in [6, 6.07) is 1.38. The monoisotopic (exact) mass is 226 g/mol. The Bertz CT molecular complexity index is 201. The maximum atomic E-state index is 3.67. The van der Waals surface area contributed by atoms with Crippen molar-refractivity contribution in [1.82, 2.24) is 10.2 Å². The predicted octanol–water partition coefficient (Wildman–Crippen LogP) is 3.03. The molecule has 1 fully saturated rings. The Morgan fingerprint density at radius 1 is 1.25 bits per heavy atom. The van der Waals surface area contributed by atoms with Crippen LogP contribution in [0.5, 0.6) is 0 Å². The zero-order chi connectivity index (χ0) is 12.2. The standard InChI is InChI=1S/C14H30N2/c1-6-8-13-11-16(12(3)10-15-13)14(4,5)9-7-2/h12-13,15H,6-11H2,1-5H3. The minimum absolute atomic E-state index is 0.363. The quantitative estimate of drug-likeness (QED) is 0.775. The van der Waals surface area contributed by atoms with E-state index in [2.05, 4.69) is 44.8 Å². The molecule has 1 aliphatic rings. The Labute approximate surface area is 102 Å². The van der Waals surface area contributed by atoms with Crippen LogP contribution in [0.1, 0.15) is 60.3 Å². The molecule has 0 aliphatic carbocycles.